The van der Waals surface area contributed by atoms with E-state index in [0.717, 1.165) is 32.4 Å². The molecular formula is C13H16FNO3S. The number of benzene rings is 1. The Bertz CT molecular complexity index is 548. The highest BCUT2D eigenvalue weighted by Crippen LogP contribution is 2.15. The maximum absolute atomic E-state index is 12.7. The summed E-state index contributed by atoms with van der Waals surface area (Å²) in [5, 5.41) is 0. The summed E-state index contributed by atoms with van der Waals surface area (Å²) in [5.41, 5.74) is 0.697. The Morgan fingerprint density at radius 2 is 1.68 bits per heavy atom. The van der Waals surface area contributed by atoms with Crippen molar-refractivity contribution in [3.05, 3.63) is 29.8 Å². The molecule has 19 heavy (non-hydrogen) atoms. The molecule has 0 aromatic heterocycles. The number of nitrogens with zero attached hydrogens (tertiary/aromatic N) is 1. The Kier molecular flexibility index (Phi) is 4.19. The molecule has 0 saturated carbocycles. The monoisotopic (exact) mass is 285 g/mol. The largest absolute Gasteiger partial charge is 0.342 e. The fraction of sp³-hybridized carbons (Fsp3) is 0.462. The van der Waals surface area contributed by atoms with E-state index in [4.69, 9.17) is 0 Å². The molecule has 0 spiro atoms. The summed E-state index contributed by atoms with van der Waals surface area (Å²) in [6.45, 7) is 1.57. The van der Waals surface area contributed by atoms with Crippen molar-refractivity contribution in [1.29, 1.82) is 0 Å². The summed E-state index contributed by atoms with van der Waals surface area (Å²) in [7, 11) is -4.66. The minimum atomic E-state index is -4.66. The van der Waals surface area contributed by atoms with Gasteiger partial charge in [-0.15, -0.1) is 3.89 Å². The predicted octanol–water partition coefficient (Wildman–Crippen LogP) is 1.90. The topological polar surface area (TPSA) is 54.5 Å². The summed E-state index contributed by atoms with van der Waals surface area (Å²) in [5.74, 6) is 0.0376. The fourth-order valence-electron chi connectivity index (χ4n) is 2.20. The second kappa shape index (κ2) is 5.69. The lowest BCUT2D eigenvalue weighted by molar-refractivity contribution is -0.131. The molecule has 2 rings (SSSR count). The summed E-state index contributed by atoms with van der Waals surface area (Å²) in [6.07, 6.45) is 3.45. The molecule has 104 valence electrons. The first-order chi connectivity index (χ1) is 8.97. The van der Waals surface area contributed by atoms with E-state index in [1.807, 2.05) is 4.90 Å². The van der Waals surface area contributed by atoms with Gasteiger partial charge in [0.25, 0.3) is 0 Å². The Morgan fingerprint density at radius 3 is 2.21 bits per heavy atom. The molecule has 4 nitrogen and oxygen atoms in total. The minimum absolute atomic E-state index is 0.0376. The van der Waals surface area contributed by atoms with Crippen LogP contribution in [0.2, 0.25) is 0 Å². The third kappa shape index (κ3) is 3.76. The van der Waals surface area contributed by atoms with Gasteiger partial charge < -0.3 is 4.90 Å². The Balaban J connectivity index is 2.01. The molecule has 0 aliphatic carbocycles. The molecule has 1 amide bonds. The van der Waals surface area contributed by atoms with Gasteiger partial charge in [-0.3, -0.25) is 4.79 Å². The lowest BCUT2D eigenvalue weighted by atomic mass is 10.1. The van der Waals surface area contributed by atoms with Gasteiger partial charge in [-0.05, 0) is 37.0 Å². The normalized spacial score (nSPS) is 16.4. The average Bonchev–Trinajstić information content (AvgIpc) is 2.39. The van der Waals surface area contributed by atoms with Crippen LogP contribution < -0.4 is 0 Å². The van der Waals surface area contributed by atoms with Crippen LogP contribution >= 0.6 is 0 Å². The highest BCUT2D eigenvalue weighted by Gasteiger charge is 2.17. The van der Waals surface area contributed by atoms with E-state index in [-0.39, 0.29) is 17.2 Å². The third-order valence-corrected chi connectivity index (χ3v) is 4.10. The molecule has 1 saturated heterocycles. The molecular weight excluding hydrogens is 269 g/mol. The molecule has 0 atom stereocenters. The van der Waals surface area contributed by atoms with Crippen molar-refractivity contribution in [2.24, 2.45) is 0 Å². The van der Waals surface area contributed by atoms with Gasteiger partial charge in [0.1, 0.15) is 0 Å². The van der Waals surface area contributed by atoms with Gasteiger partial charge in [-0.1, -0.05) is 12.1 Å². The number of piperidine rings is 1. The smallest absolute Gasteiger partial charge is 0.332 e. The summed E-state index contributed by atoms with van der Waals surface area (Å²) in [4.78, 5) is 13.4. The highest BCUT2D eigenvalue weighted by molar-refractivity contribution is 7.86. The van der Waals surface area contributed by atoms with Crippen LogP contribution in [0.25, 0.3) is 0 Å². The van der Waals surface area contributed by atoms with Crippen molar-refractivity contribution in [2.45, 2.75) is 30.6 Å². The van der Waals surface area contributed by atoms with Crippen molar-refractivity contribution in [1.82, 2.24) is 4.90 Å². The molecule has 0 unspecified atom stereocenters. The van der Waals surface area contributed by atoms with Gasteiger partial charge >= 0.3 is 10.2 Å². The fourth-order valence-corrected chi connectivity index (χ4v) is 2.66. The van der Waals surface area contributed by atoms with Crippen molar-refractivity contribution in [2.75, 3.05) is 13.1 Å². The molecule has 0 N–H and O–H groups in total. The third-order valence-electron chi connectivity index (χ3n) is 3.27. The summed E-state index contributed by atoms with van der Waals surface area (Å²) >= 11 is 0. The average molecular weight is 285 g/mol. The van der Waals surface area contributed by atoms with Gasteiger partial charge in [0, 0.05) is 13.1 Å². The first-order valence-corrected chi connectivity index (χ1v) is 7.66. The summed E-state index contributed by atoms with van der Waals surface area (Å²) < 4.78 is 34.0. The quantitative estimate of drug-likeness (QED) is 0.797. The van der Waals surface area contributed by atoms with Gasteiger partial charge in [-0.2, -0.15) is 8.42 Å². The Labute approximate surface area is 112 Å². The Morgan fingerprint density at radius 1 is 1.11 bits per heavy atom. The Hall–Kier alpha value is -1.43. The molecule has 1 aliphatic heterocycles. The lowest BCUT2D eigenvalue weighted by Crippen LogP contribution is -2.36. The minimum Gasteiger partial charge on any atom is -0.342 e. The number of likely N-dealkylation sites (tertiary alicyclic amines) is 1. The van der Waals surface area contributed by atoms with Crippen LogP contribution in [0.1, 0.15) is 24.8 Å². The van der Waals surface area contributed by atoms with E-state index < -0.39 is 10.2 Å². The second-order valence-corrected chi connectivity index (χ2v) is 6.05. The van der Waals surface area contributed by atoms with Crippen LogP contribution in [0.3, 0.4) is 0 Å². The highest BCUT2D eigenvalue weighted by atomic mass is 32.3. The molecule has 6 heteroatoms. The maximum atomic E-state index is 12.7. The number of carbonyl (C=O) groups is 1. The number of hydrogen-bond acceptors (Lipinski definition) is 3. The van der Waals surface area contributed by atoms with Crippen LogP contribution in [-0.4, -0.2) is 32.3 Å². The zero-order valence-electron chi connectivity index (χ0n) is 10.5. The predicted molar refractivity (Wildman–Crippen MR) is 68.9 cm³/mol. The number of rotatable bonds is 3. The van der Waals surface area contributed by atoms with Crippen LogP contribution in [0, 0.1) is 0 Å². The van der Waals surface area contributed by atoms with Crippen LogP contribution in [-0.2, 0) is 21.4 Å². The van der Waals surface area contributed by atoms with Crippen LogP contribution in [0.4, 0.5) is 3.89 Å². The van der Waals surface area contributed by atoms with Crippen molar-refractivity contribution in [3.8, 4) is 0 Å². The first-order valence-electron chi connectivity index (χ1n) is 6.28. The number of carbonyl (C=O) groups excluding carboxylic acids is 1. The van der Waals surface area contributed by atoms with E-state index in [1.54, 1.807) is 0 Å². The molecule has 1 aromatic carbocycles. The van der Waals surface area contributed by atoms with E-state index in [0.29, 0.717) is 5.56 Å². The van der Waals surface area contributed by atoms with Crippen molar-refractivity contribution in [3.63, 3.8) is 0 Å². The lowest BCUT2D eigenvalue weighted by Gasteiger charge is -2.26. The van der Waals surface area contributed by atoms with E-state index >= 15 is 0 Å². The molecule has 0 radical (unpaired) electrons. The van der Waals surface area contributed by atoms with Gasteiger partial charge in [0.2, 0.25) is 5.91 Å². The van der Waals surface area contributed by atoms with E-state index in [2.05, 4.69) is 0 Å². The van der Waals surface area contributed by atoms with E-state index in [9.17, 15) is 17.1 Å². The van der Waals surface area contributed by atoms with E-state index in [1.165, 1.54) is 24.3 Å². The van der Waals surface area contributed by atoms with Crippen molar-refractivity contribution >= 4 is 16.1 Å². The SMILES string of the molecule is O=C(Cc1ccc(S(=O)(=O)F)cc1)N1CCCCC1. The molecule has 1 aromatic rings. The number of hydrogen-bond donors (Lipinski definition) is 0. The molecule has 1 heterocycles. The first kappa shape index (κ1) is 14.0. The number of amides is 1. The molecule has 1 fully saturated rings. The zero-order chi connectivity index (χ0) is 13.9. The number of halogens is 1. The molecule has 1 aliphatic rings. The summed E-state index contributed by atoms with van der Waals surface area (Å²) in [6, 6.07) is 5.34. The zero-order valence-corrected chi connectivity index (χ0v) is 11.3. The van der Waals surface area contributed by atoms with Crippen molar-refractivity contribution < 1.29 is 17.1 Å². The second-order valence-electron chi connectivity index (χ2n) is 4.70. The van der Waals surface area contributed by atoms with Gasteiger partial charge in [0.05, 0.1) is 11.3 Å². The molecule has 0 bridgehead atoms. The van der Waals surface area contributed by atoms with Gasteiger partial charge in [-0.25, -0.2) is 0 Å². The van der Waals surface area contributed by atoms with Crippen LogP contribution in [0.5, 0.6) is 0 Å². The van der Waals surface area contributed by atoms with Crippen LogP contribution in [0.15, 0.2) is 29.2 Å². The van der Waals surface area contributed by atoms with Gasteiger partial charge in [0.15, 0.2) is 0 Å². The standard InChI is InChI=1S/C13H16FNO3S/c14-19(17,18)12-6-4-11(5-7-12)10-13(16)15-8-2-1-3-9-15/h4-7H,1-3,8-10H2. The maximum Gasteiger partial charge on any atom is 0.332 e.